The summed E-state index contributed by atoms with van der Waals surface area (Å²) in [4.78, 5) is 12.7. The van der Waals surface area contributed by atoms with Crippen LogP contribution in [0.1, 0.15) is 12.8 Å². The van der Waals surface area contributed by atoms with Gasteiger partial charge in [-0.1, -0.05) is 30.3 Å². The van der Waals surface area contributed by atoms with Crippen molar-refractivity contribution in [3.05, 3.63) is 54.6 Å². The molecule has 1 saturated heterocycles. The van der Waals surface area contributed by atoms with E-state index in [0.29, 0.717) is 25.3 Å². The first-order valence-electron chi connectivity index (χ1n) is 8.96. The van der Waals surface area contributed by atoms with Crippen molar-refractivity contribution < 1.29 is 19.0 Å². The third-order valence-electron chi connectivity index (χ3n) is 5.11. The highest BCUT2D eigenvalue weighted by atomic mass is 32.3. The Balaban J connectivity index is 1.66. The van der Waals surface area contributed by atoms with Gasteiger partial charge in [0, 0.05) is 19.6 Å². The maximum Gasteiger partial charge on any atom is 0.407 e. The number of fused-ring (bicyclic) bond motifs is 1. The Morgan fingerprint density at radius 1 is 1.04 bits per heavy atom. The van der Waals surface area contributed by atoms with Gasteiger partial charge in [0.1, 0.15) is 0 Å². The minimum Gasteiger partial charge on any atom is -0.465 e. The lowest BCUT2D eigenvalue weighted by Gasteiger charge is -2.45. The number of carbonyl (C=O) groups is 1. The maximum atomic E-state index is 11.3. The van der Waals surface area contributed by atoms with E-state index in [9.17, 15) is 19.0 Å². The molecule has 2 aromatic rings. The third kappa shape index (κ3) is 3.20. The van der Waals surface area contributed by atoms with Crippen LogP contribution >= 0.6 is 11.0 Å². The number of hydrogen-bond donors (Lipinski definition) is 3. The second kappa shape index (κ2) is 6.95. The summed E-state index contributed by atoms with van der Waals surface area (Å²) in [6.45, 7) is 1.34. The molecule has 0 spiro atoms. The summed E-state index contributed by atoms with van der Waals surface area (Å²) in [5.41, 5.74) is 2.21. The predicted molar refractivity (Wildman–Crippen MR) is 108 cm³/mol. The van der Waals surface area contributed by atoms with Gasteiger partial charge in [-0.05, 0) is 54.0 Å². The Morgan fingerprint density at radius 3 is 2.41 bits per heavy atom. The van der Waals surface area contributed by atoms with Crippen molar-refractivity contribution in [2.45, 2.75) is 12.8 Å². The summed E-state index contributed by atoms with van der Waals surface area (Å²) in [5.74, 6) is 0.0461. The van der Waals surface area contributed by atoms with Gasteiger partial charge in [-0.2, -0.15) is 0 Å². The molecule has 4 rings (SSSR count). The van der Waals surface area contributed by atoms with E-state index in [1.807, 2.05) is 54.6 Å². The van der Waals surface area contributed by atoms with Crippen LogP contribution in [0.25, 0.3) is 0 Å². The van der Waals surface area contributed by atoms with Crippen LogP contribution in [0, 0.1) is 5.92 Å². The lowest BCUT2D eigenvalue weighted by atomic mass is 9.98. The Hall–Kier alpha value is -2.42. The average molecular weight is 389 g/mol. The molecule has 8 heteroatoms. The van der Waals surface area contributed by atoms with Crippen molar-refractivity contribution >= 4 is 34.1 Å². The zero-order valence-corrected chi connectivity index (χ0v) is 15.6. The van der Waals surface area contributed by atoms with Gasteiger partial charge in [0.05, 0.1) is 17.1 Å². The topological polar surface area (TPSA) is 87.5 Å². The van der Waals surface area contributed by atoms with Crippen LogP contribution in [0.4, 0.5) is 21.9 Å². The normalized spacial score (nSPS) is 22.4. The van der Waals surface area contributed by atoms with Crippen molar-refractivity contribution in [3.63, 3.8) is 0 Å². The number of hydrogen-bond acceptors (Lipinski definition) is 5. The first-order chi connectivity index (χ1) is 13.0. The zero-order valence-electron chi connectivity index (χ0n) is 14.8. The monoisotopic (exact) mass is 389 g/mol. The molecule has 3 N–H and O–H groups in total. The smallest absolute Gasteiger partial charge is 0.407 e. The molecular weight excluding hydrogens is 366 g/mol. The van der Waals surface area contributed by atoms with E-state index in [4.69, 9.17) is 0 Å². The van der Waals surface area contributed by atoms with E-state index in [1.165, 1.54) is 4.90 Å². The number of anilines is 3. The molecule has 0 bridgehead atoms. The van der Waals surface area contributed by atoms with Crippen molar-refractivity contribution in [2.24, 2.45) is 5.92 Å². The molecular formula is C19H23N3O4S. The highest BCUT2D eigenvalue weighted by Crippen LogP contribution is 2.64. The first-order valence-corrected chi connectivity index (χ1v) is 10.4. The van der Waals surface area contributed by atoms with Crippen LogP contribution in [0.2, 0.25) is 0 Å². The van der Waals surface area contributed by atoms with Crippen molar-refractivity contribution in [1.29, 1.82) is 0 Å². The molecule has 1 fully saturated rings. The summed E-state index contributed by atoms with van der Waals surface area (Å²) < 4.78 is 25.5. The molecule has 27 heavy (non-hydrogen) atoms. The molecule has 2 aromatic carbocycles. The molecule has 0 unspecified atom stereocenters. The second-order valence-electron chi connectivity index (χ2n) is 6.91. The minimum atomic E-state index is -3.28. The van der Waals surface area contributed by atoms with Gasteiger partial charge < -0.3 is 10.0 Å². The highest BCUT2D eigenvalue weighted by molar-refractivity contribution is 8.27. The summed E-state index contributed by atoms with van der Waals surface area (Å²) in [5, 5.41) is 9.28. The zero-order chi connectivity index (χ0) is 19.0. The average Bonchev–Trinajstić information content (AvgIpc) is 2.89. The van der Waals surface area contributed by atoms with E-state index >= 15 is 0 Å². The lowest BCUT2D eigenvalue weighted by Crippen LogP contribution is -2.44. The van der Waals surface area contributed by atoms with Crippen molar-refractivity contribution in [3.8, 4) is 0 Å². The molecule has 0 aliphatic carbocycles. The Morgan fingerprint density at radius 2 is 1.70 bits per heavy atom. The van der Waals surface area contributed by atoms with Gasteiger partial charge >= 0.3 is 6.09 Å². The van der Waals surface area contributed by atoms with Crippen LogP contribution in [-0.4, -0.2) is 44.8 Å². The molecule has 0 aromatic heterocycles. The van der Waals surface area contributed by atoms with E-state index in [0.717, 1.165) is 24.2 Å². The number of amides is 1. The molecule has 2 heterocycles. The van der Waals surface area contributed by atoms with Crippen LogP contribution in [0.5, 0.6) is 0 Å². The Kier molecular flexibility index (Phi) is 4.63. The molecule has 2 aliphatic rings. The molecule has 0 saturated carbocycles. The molecule has 1 amide bonds. The van der Waals surface area contributed by atoms with E-state index < -0.39 is 17.1 Å². The first kappa shape index (κ1) is 18.0. The SMILES string of the molecule is O=C(O)N1CCC[C@H](CN2c3ccccc3N(c3ccccc3)S2(O)O)C1. The molecule has 7 nitrogen and oxygen atoms in total. The predicted octanol–water partition coefficient (Wildman–Crippen LogP) is 4.62. The standard InChI is InChI=1S/C19H23N3O4S/c23-19(24)20-12-6-7-15(13-20)14-21-17-10-4-5-11-18(17)22(27(21,25)26)16-8-2-1-3-9-16/h1-5,8-11,15,25-26H,6-7,12-14H2,(H,23,24)/t15-/m0/s1. The number of rotatable bonds is 3. The lowest BCUT2D eigenvalue weighted by molar-refractivity contribution is 0.121. The number of benzene rings is 2. The van der Waals surface area contributed by atoms with Gasteiger partial charge in [0.25, 0.3) is 0 Å². The fraction of sp³-hybridized carbons (Fsp3) is 0.316. The number of likely N-dealkylation sites (tertiary alicyclic amines) is 1. The number of carboxylic acid groups (broad SMARTS) is 1. The van der Waals surface area contributed by atoms with Gasteiger partial charge in [-0.15, -0.1) is 0 Å². The fourth-order valence-corrected chi connectivity index (χ4v) is 5.72. The highest BCUT2D eigenvalue weighted by Gasteiger charge is 2.42. The van der Waals surface area contributed by atoms with Crippen LogP contribution in [-0.2, 0) is 0 Å². The number of nitrogens with zero attached hydrogens (tertiary/aromatic N) is 3. The molecule has 1 atom stereocenters. The van der Waals surface area contributed by atoms with E-state index in [1.54, 1.807) is 8.61 Å². The van der Waals surface area contributed by atoms with E-state index in [-0.39, 0.29) is 5.92 Å². The summed E-state index contributed by atoms with van der Waals surface area (Å²) in [6.07, 6.45) is 0.733. The van der Waals surface area contributed by atoms with Crippen molar-refractivity contribution in [2.75, 3.05) is 28.2 Å². The second-order valence-corrected chi connectivity index (χ2v) is 8.69. The minimum absolute atomic E-state index is 0.0461. The largest absolute Gasteiger partial charge is 0.465 e. The van der Waals surface area contributed by atoms with E-state index in [2.05, 4.69) is 0 Å². The van der Waals surface area contributed by atoms with Gasteiger partial charge in [0.2, 0.25) is 0 Å². The van der Waals surface area contributed by atoms with Crippen molar-refractivity contribution in [1.82, 2.24) is 4.90 Å². The van der Waals surface area contributed by atoms with Crippen LogP contribution in [0.3, 0.4) is 0 Å². The van der Waals surface area contributed by atoms with Gasteiger partial charge in [-0.3, -0.25) is 13.4 Å². The number of para-hydroxylation sites is 3. The Bertz CT molecular complexity index is 833. The summed E-state index contributed by atoms with van der Waals surface area (Å²) in [6, 6.07) is 16.8. The quantitative estimate of drug-likeness (QED) is 0.710. The Labute approximate surface area is 160 Å². The number of piperidine rings is 1. The van der Waals surface area contributed by atoms with Crippen LogP contribution < -0.4 is 8.61 Å². The van der Waals surface area contributed by atoms with Gasteiger partial charge in [0.15, 0.2) is 0 Å². The third-order valence-corrected chi connectivity index (χ3v) is 6.95. The summed E-state index contributed by atoms with van der Waals surface area (Å²) in [7, 11) is -3.28. The van der Waals surface area contributed by atoms with Gasteiger partial charge in [-0.25, -0.2) is 9.10 Å². The summed E-state index contributed by atoms with van der Waals surface area (Å²) >= 11 is 0. The molecule has 0 radical (unpaired) electrons. The molecule has 2 aliphatic heterocycles. The van der Waals surface area contributed by atoms with Crippen LogP contribution in [0.15, 0.2) is 54.6 Å². The molecule has 144 valence electrons. The maximum absolute atomic E-state index is 11.3. The fourth-order valence-electron chi connectivity index (χ4n) is 3.87.